The zero-order chi connectivity index (χ0) is 9.84. The van der Waals surface area contributed by atoms with Crippen LogP contribution in [-0.4, -0.2) is 6.04 Å². The van der Waals surface area contributed by atoms with E-state index >= 15 is 0 Å². The summed E-state index contributed by atoms with van der Waals surface area (Å²) in [4.78, 5) is 0. The van der Waals surface area contributed by atoms with Crippen LogP contribution in [0, 0.1) is 6.92 Å². The lowest BCUT2D eigenvalue weighted by Gasteiger charge is -2.06. The number of hydrogen-bond donors (Lipinski definition) is 1. The molecule has 1 atom stereocenters. The first-order chi connectivity index (χ1) is 6.09. The summed E-state index contributed by atoms with van der Waals surface area (Å²) in [5.41, 5.74) is 8.37. The molecule has 1 nitrogen and oxygen atoms in total. The summed E-state index contributed by atoms with van der Waals surface area (Å²) in [6.45, 7) is 4.16. The van der Waals surface area contributed by atoms with E-state index in [2.05, 4.69) is 41.1 Å². The van der Waals surface area contributed by atoms with E-state index in [0.717, 1.165) is 12.8 Å². The minimum absolute atomic E-state index is 0.295. The minimum Gasteiger partial charge on any atom is -0.328 e. The van der Waals surface area contributed by atoms with Gasteiger partial charge in [-0.2, -0.15) is 0 Å². The molecule has 0 aliphatic rings. The molecule has 0 saturated heterocycles. The zero-order valence-corrected chi connectivity index (χ0v) is 9.76. The molecule has 1 rings (SSSR count). The Bertz CT molecular complexity index is 281. The van der Waals surface area contributed by atoms with Crippen molar-refractivity contribution in [3.05, 3.63) is 33.8 Å². The largest absolute Gasteiger partial charge is 0.328 e. The quantitative estimate of drug-likeness (QED) is 0.866. The molecular weight excluding hydrogens is 226 g/mol. The van der Waals surface area contributed by atoms with E-state index in [4.69, 9.17) is 5.73 Å². The maximum atomic E-state index is 5.70. The molecule has 0 bridgehead atoms. The van der Waals surface area contributed by atoms with Crippen molar-refractivity contribution >= 4 is 15.9 Å². The predicted molar refractivity (Wildman–Crippen MR) is 60.8 cm³/mol. The van der Waals surface area contributed by atoms with E-state index in [9.17, 15) is 0 Å². The van der Waals surface area contributed by atoms with Crippen molar-refractivity contribution in [3.63, 3.8) is 0 Å². The van der Waals surface area contributed by atoms with E-state index in [0.29, 0.717) is 6.04 Å². The van der Waals surface area contributed by atoms with E-state index in [1.165, 1.54) is 15.6 Å². The van der Waals surface area contributed by atoms with Crippen LogP contribution in [0.4, 0.5) is 0 Å². The Morgan fingerprint density at radius 3 is 2.69 bits per heavy atom. The lowest BCUT2D eigenvalue weighted by atomic mass is 10.0. The molecule has 0 aliphatic carbocycles. The molecule has 0 heterocycles. The Kier molecular flexibility index (Phi) is 3.94. The fourth-order valence-corrected chi connectivity index (χ4v) is 1.50. The van der Waals surface area contributed by atoms with Crippen molar-refractivity contribution in [1.29, 1.82) is 0 Å². The van der Waals surface area contributed by atoms with Gasteiger partial charge in [-0.1, -0.05) is 28.1 Å². The molecular formula is C11H16BrN. The molecule has 13 heavy (non-hydrogen) atoms. The number of aryl methyl sites for hydroxylation is 2. The fourth-order valence-electron chi connectivity index (χ4n) is 1.26. The van der Waals surface area contributed by atoms with Crippen LogP contribution in [0.25, 0.3) is 0 Å². The molecule has 0 saturated carbocycles. The van der Waals surface area contributed by atoms with Crippen LogP contribution in [0.5, 0.6) is 0 Å². The summed E-state index contributed by atoms with van der Waals surface area (Å²) in [5.74, 6) is 0. The standard InChI is InChI=1S/C11H16BrN/c1-8-7-10(4-3-9(2)13)5-6-11(8)12/h5-7,9H,3-4,13H2,1-2H3/t9-/m0/s1. The molecule has 0 radical (unpaired) electrons. The van der Waals surface area contributed by atoms with Crippen molar-refractivity contribution in [2.45, 2.75) is 32.7 Å². The Morgan fingerprint density at radius 2 is 2.15 bits per heavy atom. The fraction of sp³-hybridized carbons (Fsp3) is 0.455. The van der Waals surface area contributed by atoms with Gasteiger partial charge in [0.1, 0.15) is 0 Å². The van der Waals surface area contributed by atoms with Gasteiger partial charge in [0.15, 0.2) is 0 Å². The molecule has 2 heteroatoms. The average molecular weight is 242 g/mol. The predicted octanol–water partition coefficient (Wildman–Crippen LogP) is 3.04. The van der Waals surface area contributed by atoms with Crippen molar-refractivity contribution in [1.82, 2.24) is 0 Å². The van der Waals surface area contributed by atoms with E-state index in [1.54, 1.807) is 0 Å². The van der Waals surface area contributed by atoms with Crippen molar-refractivity contribution in [3.8, 4) is 0 Å². The van der Waals surface area contributed by atoms with Crippen molar-refractivity contribution < 1.29 is 0 Å². The highest BCUT2D eigenvalue weighted by Gasteiger charge is 1.99. The second-order valence-corrected chi connectivity index (χ2v) is 4.45. The second-order valence-electron chi connectivity index (χ2n) is 3.60. The average Bonchev–Trinajstić information content (AvgIpc) is 2.07. The summed E-state index contributed by atoms with van der Waals surface area (Å²) >= 11 is 3.48. The summed E-state index contributed by atoms with van der Waals surface area (Å²) < 4.78 is 1.18. The SMILES string of the molecule is Cc1cc(CC[C@H](C)N)ccc1Br. The third-order valence-electron chi connectivity index (χ3n) is 2.11. The maximum Gasteiger partial charge on any atom is 0.0204 e. The maximum absolute atomic E-state index is 5.70. The summed E-state index contributed by atoms with van der Waals surface area (Å²) in [6, 6.07) is 6.77. The van der Waals surface area contributed by atoms with Gasteiger partial charge in [-0.3, -0.25) is 0 Å². The summed E-state index contributed by atoms with van der Waals surface area (Å²) in [7, 11) is 0. The van der Waals surface area contributed by atoms with Gasteiger partial charge in [0.2, 0.25) is 0 Å². The normalized spacial score (nSPS) is 12.9. The lowest BCUT2D eigenvalue weighted by Crippen LogP contribution is -2.15. The van der Waals surface area contributed by atoms with Gasteiger partial charge in [-0.15, -0.1) is 0 Å². The number of nitrogens with two attached hydrogens (primary N) is 1. The summed E-state index contributed by atoms with van der Waals surface area (Å²) in [5, 5.41) is 0. The Labute approximate surface area is 88.5 Å². The smallest absolute Gasteiger partial charge is 0.0204 e. The zero-order valence-electron chi connectivity index (χ0n) is 8.18. The first-order valence-corrected chi connectivity index (χ1v) is 5.39. The first kappa shape index (κ1) is 10.7. The number of halogens is 1. The highest BCUT2D eigenvalue weighted by Crippen LogP contribution is 2.17. The third-order valence-corrected chi connectivity index (χ3v) is 3.00. The highest BCUT2D eigenvalue weighted by molar-refractivity contribution is 9.10. The van der Waals surface area contributed by atoms with Crippen molar-refractivity contribution in [2.75, 3.05) is 0 Å². The monoisotopic (exact) mass is 241 g/mol. The lowest BCUT2D eigenvalue weighted by molar-refractivity contribution is 0.666. The Hall–Kier alpha value is -0.340. The molecule has 1 aromatic carbocycles. The molecule has 72 valence electrons. The summed E-state index contributed by atoms with van der Waals surface area (Å²) in [6.07, 6.45) is 2.13. The van der Waals surface area contributed by atoms with E-state index in [1.807, 2.05) is 6.92 Å². The van der Waals surface area contributed by atoms with Crippen LogP contribution in [0.2, 0.25) is 0 Å². The molecule has 1 aromatic rings. The van der Waals surface area contributed by atoms with Crippen LogP contribution >= 0.6 is 15.9 Å². The molecule has 0 aliphatic heterocycles. The van der Waals surface area contributed by atoms with Gasteiger partial charge >= 0.3 is 0 Å². The van der Waals surface area contributed by atoms with Crippen LogP contribution in [0.1, 0.15) is 24.5 Å². The Morgan fingerprint density at radius 1 is 1.46 bits per heavy atom. The topological polar surface area (TPSA) is 26.0 Å². The third kappa shape index (κ3) is 3.49. The number of benzene rings is 1. The van der Waals surface area contributed by atoms with Crippen molar-refractivity contribution in [2.24, 2.45) is 5.73 Å². The van der Waals surface area contributed by atoms with E-state index in [-0.39, 0.29) is 0 Å². The van der Waals surface area contributed by atoms with Crippen LogP contribution in [0.3, 0.4) is 0 Å². The minimum atomic E-state index is 0.295. The molecule has 0 amide bonds. The van der Waals surface area contributed by atoms with Gasteiger partial charge in [0.25, 0.3) is 0 Å². The first-order valence-electron chi connectivity index (χ1n) is 4.60. The molecule has 2 N–H and O–H groups in total. The van der Waals surface area contributed by atoms with E-state index < -0.39 is 0 Å². The van der Waals surface area contributed by atoms with Crippen LogP contribution in [-0.2, 0) is 6.42 Å². The van der Waals surface area contributed by atoms with Gasteiger partial charge in [-0.25, -0.2) is 0 Å². The van der Waals surface area contributed by atoms with Gasteiger partial charge in [0, 0.05) is 10.5 Å². The number of rotatable bonds is 3. The Balaban J connectivity index is 2.63. The molecule has 0 aromatic heterocycles. The second kappa shape index (κ2) is 4.77. The highest BCUT2D eigenvalue weighted by atomic mass is 79.9. The molecule has 0 fully saturated rings. The van der Waals surface area contributed by atoms with Crippen LogP contribution in [0.15, 0.2) is 22.7 Å². The van der Waals surface area contributed by atoms with Crippen LogP contribution < -0.4 is 5.73 Å². The number of hydrogen-bond acceptors (Lipinski definition) is 1. The van der Waals surface area contributed by atoms with Gasteiger partial charge in [0.05, 0.1) is 0 Å². The van der Waals surface area contributed by atoms with Gasteiger partial charge < -0.3 is 5.73 Å². The molecule has 0 unspecified atom stereocenters. The van der Waals surface area contributed by atoms with Gasteiger partial charge in [-0.05, 0) is 43.9 Å². The molecule has 0 spiro atoms.